The first-order valence-electron chi connectivity index (χ1n) is 16.0. The van der Waals surface area contributed by atoms with Crippen molar-refractivity contribution in [2.24, 2.45) is 0 Å². The van der Waals surface area contributed by atoms with Gasteiger partial charge in [0.25, 0.3) is 0 Å². The fourth-order valence-corrected chi connectivity index (χ4v) is 3.46. The average Bonchev–Trinajstić information content (AvgIpc) is 2.89. The van der Waals surface area contributed by atoms with E-state index in [0.29, 0.717) is 0 Å². The van der Waals surface area contributed by atoms with Crippen LogP contribution < -0.4 is 0 Å². The molecule has 0 radical (unpaired) electrons. The smallest absolute Gasteiger partial charge is 0.410 e. The van der Waals surface area contributed by atoms with Gasteiger partial charge in [-0.3, -0.25) is 29.0 Å². The largest absolute Gasteiger partial charge is 0.480 e. The number of rotatable bonds is 12. The topological polar surface area (TPSA) is 175 Å². The molecule has 0 aliphatic rings. The number of hydrogen-bond donors (Lipinski definition) is 1. The van der Waals surface area contributed by atoms with E-state index in [0.717, 1.165) is 15.4 Å². The Morgan fingerprint density at radius 3 is 1.27 bits per heavy atom. The third kappa shape index (κ3) is 25.3. The van der Waals surface area contributed by atoms with Crippen LogP contribution in [0.5, 0.6) is 0 Å². The molecule has 0 bridgehead atoms. The molecule has 14 nitrogen and oxygen atoms in total. The molecule has 2 amide bonds. The van der Waals surface area contributed by atoms with Crippen LogP contribution in [0.4, 0.5) is 9.59 Å². The van der Waals surface area contributed by atoms with Gasteiger partial charge < -0.3 is 28.8 Å². The van der Waals surface area contributed by atoms with E-state index < -0.39 is 65.0 Å². The van der Waals surface area contributed by atoms with E-state index in [1.807, 2.05) is 30.3 Å². The first-order valence-corrected chi connectivity index (χ1v) is 16.0. The van der Waals surface area contributed by atoms with Gasteiger partial charge in [-0.05, 0) is 88.6 Å². The zero-order valence-electron chi connectivity index (χ0n) is 31.2. The molecule has 0 aliphatic heterocycles. The number of amides is 2. The van der Waals surface area contributed by atoms with Gasteiger partial charge in [-0.25, -0.2) is 9.59 Å². The number of carboxylic acid groups (broad SMARTS) is 1. The summed E-state index contributed by atoms with van der Waals surface area (Å²) >= 11 is 0. The van der Waals surface area contributed by atoms with E-state index in [1.54, 1.807) is 83.1 Å². The van der Waals surface area contributed by atoms with Crippen molar-refractivity contribution in [2.75, 3.05) is 26.2 Å². The van der Waals surface area contributed by atoms with Crippen molar-refractivity contribution < 1.29 is 57.6 Å². The maximum absolute atomic E-state index is 12.4. The van der Waals surface area contributed by atoms with E-state index in [4.69, 9.17) is 28.8 Å². The van der Waals surface area contributed by atoms with E-state index in [-0.39, 0.29) is 39.1 Å². The third-order valence-electron chi connectivity index (χ3n) is 5.20. The third-order valence-corrected chi connectivity index (χ3v) is 5.20. The second kappa shape index (κ2) is 19.6. The van der Waals surface area contributed by atoms with Crippen LogP contribution in [0.2, 0.25) is 0 Å². The standard InChI is InChI=1S/C21H31NO6.C14H25NO6/c1-20(2,3)27-17(23)12-13-22(19(25)28-21(4,5)6)14-18(24)26-15-16-10-8-7-9-11-16;1-13(2,3)20-11(18)7-8-15(9-10(16)17)12(19)21-14(4,5)6/h7-11H,12-15H2,1-6H3;7-9H2,1-6H3,(H,16,17). The zero-order chi connectivity index (χ0) is 38.2. The Labute approximate surface area is 290 Å². The number of esters is 3. The predicted octanol–water partition coefficient (Wildman–Crippen LogP) is 5.74. The highest BCUT2D eigenvalue weighted by Gasteiger charge is 2.27. The average molecular weight is 697 g/mol. The molecule has 0 aliphatic carbocycles. The Bertz CT molecular complexity index is 1240. The predicted molar refractivity (Wildman–Crippen MR) is 180 cm³/mol. The van der Waals surface area contributed by atoms with Crippen LogP contribution in [0.3, 0.4) is 0 Å². The highest BCUT2D eigenvalue weighted by atomic mass is 16.6. The minimum absolute atomic E-state index is 0.00966. The SMILES string of the molecule is CC(C)(C)OC(=O)CCN(CC(=O)O)C(=O)OC(C)(C)C.CC(C)(C)OC(=O)CCN(CC(=O)OCc1ccccc1)C(=O)OC(C)(C)C. The van der Waals surface area contributed by atoms with Gasteiger partial charge in [0.05, 0.1) is 12.8 Å². The van der Waals surface area contributed by atoms with Gasteiger partial charge in [0.1, 0.15) is 42.1 Å². The number of carbonyl (C=O) groups excluding carboxylic acids is 5. The summed E-state index contributed by atoms with van der Waals surface area (Å²) in [6.45, 7) is 19.9. The lowest BCUT2D eigenvalue weighted by Crippen LogP contribution is -2.41. The van der Waals surface area contributed by atoms with Crippen LogP contribution in [-0.4, -0.2) is 99.6 Å². The number of benzene rings is 1. The lowest BCUT2D eigenvalue weighted by atomic mass is 10.2. The number of carboxylic acids is 1. The molecule has 0 spiro atoms. The Kier molecular flexibility index (Phi) is 17.8. The normalized spacial score (nSPS) is 11.6. The minimum Gasteiger partial charge on any atom is -0.480 e. The van der Waals surface area contributed by atoms with Crippen molar-refractivity contribution in [2.45, 2.75) is 125 Å². The summed E-state index contributed by atoms with van der Waals surface area (Å²) in [5, 5.41) is 8.82. The fraction of sp³-hybridized carbons (Fsp3) is 0.657. The molecule has 49 heavy (non-hydrogen) atoms. The quantitative estimate of drug-likeness (QED) is 0.208. The van der Waals surface area contributed by atoms with E-state index in [1.165, 1.54) is 0 Å². The van der Waals surface area contributed by atoms with Gasteiger partial charge in [-0.1, -0.05) is 30.3 Å². The summed E-state index contributed by atoms with van der Waals surface area (Å²) in [6.07, 6.45) is -1.60. The molecular weight excluding hydrogens is 640 g/mol. The summed E-state index contributed by atoms with van der Waals surface area (Å²) < 4.78 is 26.0. The van der Waals surface area contributed by atoms with Crippen molar-refractivity contribution in [3.05, 3.63) is 35.9 Å². The van der Waals surface area contributed by atoms with Gasteiger partial charge in [0.15, 0.2) is 0 Å². The van der Waals surface area contributed by atoms with Crippen molar-refractivity contribution >= 4 is 36.1 Å². The van der Waals surface area contributed by atoms with Crippen LogP contribution in [-0.2, 0) is 49.5 Å². The molecule has 1 aromatic carbocycles. The Morgan fingerprint density at radius 2 is 0.918 bits per heavy atom. The van der Waals surface area contributed by atoms with Crippen molar-refractivity contribution in [3.63, 3.8) is 0 Å². The van der Waals surface area contributed by atoms with E-state index in [2.05, 4.69) is 0 Å². The molecule has 0 unspecified atom stereocenters. The summed E-state index contributed by atoms with van der Waals surface area (Å²) in [5.41, 5.74) is -1.87. The van der Waals surface area contributed by atoms with Crippen LogP contribution >= 0.6 is 0 Å². The second-order valence-electron chi connectivity index (χ2n) is 15.0. The second-order valence-corrected chi connectivity index (χ2v) is 15.0. The fourth-order valence-electron chi connectivity index (χ4n) is 3.46. The first-order chi connectivity index (χ1) is 22.2. The Balaban J connectivity index is 0.000000983. The molecular formula is C35H56N2O12. The molecule has 278 valence electrons. The van der Waals surface area contributed by atoms with Gasteiger partial charge >= 0.3 is 36.1 Å². The number of aliphatic carboxylic acids is 1. The molecule has 0 saturated heterocycles. The van der Waals surface area contributed by atoms with Gasteiger partial charge in [0, 0.05) is 13.1 Å². The van der Waals surface area contributed by atoms with Crippen molar-refractivity contribution in [1.82, 2.24) is 9.80 Å². The van der Waals surface area contributed by atoms with Gasteiger partial charge in [-0.15, -0.1) is 0 Å². The number of carbonyl (C=O) groups is 6. The molecule has 0 saturated carbocycles. The highest BCUT2D eigenvalue weighted by molar-refractivity contribution is 5.79. The van der Waals surface area contributed by atoms with Crippen LogP contribution in [0.1, 0.15) is 101 Å². The first kappa shape index (κ1) is 44.6. The summed E-state index contributed by atoms with van der Waals surface area (Å²) in [7, 11) is 0. The zero-order valence-corrected chi connectivity index (χ0v) is 31.2. The summed E-state index contributed by atoms with van der Waals surface area (Å²) in [6, 6.07) is 9.23. The maximum Gasteiger partial charge on any atom is 0.410 e. The van der Waals surface area contributed by atoms with Crippen LogP contribution in [0, 0.1) is 0 Å². The number of ether oxygens (including phenoxy) is 5. The summed E-state index contributed by atoms with van der Waals surface area (Å²) in [4.78, 5) is 72.9. The Hall–Kier alpha value is -4.36. The molecule has 1 rings (SSSR count). The van der Waals surface area contributed by atoms with Crippen LogP contribution in [0.25, 0.3) is 0 Å². The van der Waals surface area contributed by atoms with Gasteiger partial charge in [0.2, 0.25) is 0 Å². The number of nitrogens with zero attached hydrogens (tertiary/aromatic N) is 2. The molecule has 0 fully saturated rings. The lowest BCUT2D eigenvalue weighted by Gasteiger charge is -2.27. The van der Waals surface area contributed by atoms with E-state index >= 15 is 0 Å². The highest BCUT2D eigenvalue weighted by Crippen LogP contribution is 2.14. The molecule has 0 atom stereocenters. The number of hydrogen-bond acceptors (Lipinski definition) is 11. The molecule has 0 heterocycles. The summed E-state index contributed by atoms with van der Waals surface area (Å²) in [5.74, 6) is -2.72. The van der Waals surface area contributed by atoms with Crippen molar-refractivity contribution in [1.29, 1.82) is 0 Å². The Morgan fingerprint density at radius 1 is 0.551 bits per heavy atom. The van der Waals surface area contributed by atoms with Crippen molar-refractivity contribution in [3.8, 4) is 0 Å². The monoisotopic (exact) mass is 696 g/mol. The minimum atomic E-state index is -1.18. The van der Waals surface area contributed by atoms with Crippen LogP contribution in [0.15, 0.2) is 30.3 Å². The van der Waals surface area contributed by atoms with E-state index in [9.17, 15) is 28.8 Å². The molecule has 14 heteroatoms. The van der Waals surface area contributed by atoms with Gasteiger partial charge in [-0.2, -0.15) is 0 Å². The maximum atomic E-state index is 12.4. The molecule has 1 N–H and O–H groups in total. The lowest BCUT2D eigenvalue weighted by molar-refractivity contribution is -0.156. The molecule has 1 aromatic rings. The molecule has 0 aromatic heterocycles.